The highest BCUT2D eigenvalue weighted by Gasteiger charge is 2.05. The van der Waals surface area contributed by atoms with E-state index in [1.54, 1.807) is 0 Å². The molecule has 3 nitrogen and oxygen atoms in total. The Morgan fingerprint density at radius 2 is 2.00 bits per heavy atom. The van der Waals surface area contributed by atoms with Gasteiger partial charge in [0.25, 0.3) is 0 Å². The van der Waals surface area contributed by atoms with Crippen LogP contribution in [0.25, 0.3) is 0 Å². The van der Waals surface area contributed by atoms with Gasteiger partial charge in [-0.2, -0.15) is 0 Å². The Hall–Kier alpha value is -0.860. The molecule has 0 aliphatic rings. The first-order chi connectivity index (χ1) is 4.45. The first kappa shape index (κ1) is 9.14. The van der Waals surface area contributed by atoms with E-state index in [0.717, 1.165) is 0 Å². The number of hydrogen-bond donors (Lipinski definition) is 0. The van der Waals surface area contributed by atoms with Gasteiger partial charge in [-0.25, -0.2) is 4.79 Å². The molecule has 3 heteroatoms. The Labute approximate surface area is 61.1 Å². The van der Waals surface area contributed by atoms with Crippen molar-refractivity contribution in [3.8, 4) is 0 Å². The highest BCUT2D eigenvalue weighted by Crippen LogP contribution is 2.04. The average molecular weight is 143 g/mol. The predicted molar refractivity (Wildman–Crippen MR) is 40.3 cm³/mol. The van der Waals surface area contributed by atoms with Crippen LogP contribution in [0.5, 0.6) is 0 Å². The summed E-state index contributed by atoms with van der Waals surface area (Å²) in [5.74, 6) is -0.407. The quantitative estimate of drug-likeness (QED) is 0.406. The van der Waals surface area contributed by atoms with Crippen molar-refractivity contribution < 1.29 is 9.53 Å². The molecule has 0 aromatic heterocycles. The second-order valence-electron chi connectivity index (χ2n) is 2.95. The third-order valence-corrected chi connectivity index (χ3v) is 0.758. The summed E-state index contributed by atoms with van der Waals surface area (Å²) < 4.78 is 4.36. The molecule has 0 saturated carbocycles. The van der Waals surface area contributed by atoms with Gasteiger partial charge in [-0.3, -0.25) is 4.99 Å². The molecule has 0 amide bonds. The van der Waals surface area contributed by atoms with Crippen molar-refractivity contribution in [1.29, 1.82) is 0 Å². The first-order valence-electron chi connectivity index (χ1n) is 3.09. The van der Waals surface area contributed by atoms with E-state index in [-0.39, 0.29) is 5.54 Å². The fourth-order valence-corrected chi connectivity index (χ4v) is 0.299. The highest BCUT2D eigenvalue weighted by molar-refractivity contribution is 6.23. The number of methoxy groups -OCH3 is 1. The summed E-state index contributed by atoms with van der Waals surface area (Å²) in [5.41, 5.74) is -0.200. The van der Waals surface area contributed by atoms with Crippen molar-refractivity contribution in [2.24, 2.45) is 4.99 Å². The fraction of sp³-hybridized carbons (Fsp3) is 0.714. The third kappa shape index (κ3) is 5.28. The molecule has 0 bridgehead atoms. The van der Waals surface area contributed by atoms with E-state index in [9.17, 15) is 4.79 Å². The Balaban J connectivity index is 3.88. The largest absolute Gasteiger partial charge is 0.465 e. The van der Waals surface area contributed by atoms with Crippen LogP contribution < -0.4 is 0 Å². The molecule has 0 aliphatic carbocycles. The minimum absolute atomic E-state index is 0.200. The predicted octanol–water partition coefficient (Wildman–Crippen LogP) is 1.03. The number of nitrogens with zero attached hydrogens (tertiary/aromatic N) is 1. The number of carbonyl (C=O) groups is 1. The molecule has 0 radical (unpaired) electrons. The maximum Gasteiger partial charge on any atom is 0.348 e. The van der Waals surface area contributed by atoms with E-state index in [2.05, 4.69) is 9.73 Å². The van der Waals surface area contributed by atoms with Gasteiger partial charge in [0.2, 0.25) is 0 Å². The van der Waals surface area contributed by atoms with E-state index in [4.69, 9.17) is 0 Å². The topological polar surface area (TPSA) is 38.7 Å². The van der Waals surface area contributed by atoms with Gasteiger partial charge in [0, 0.05) is 0 Å². The summed E-state index contributed by atoms with van der Waals surface area (Å²) in [6.07, 6.45) is 1.19. The SMILES string of the molecule is COC(=O)C=NC(C)(C)C. The van der Waals surface area contributed by atoms with Crippen molar-refractivity contribution in [2.45, 2.75) is 26.3 Å². The molecule has 58 valence electrons. The van der Waals surface area contributed by atoms with Crippen molar-refractivity contribution in [3.05, 3.63) is 0 Å². The van der Waals surface area contributed by atoms with Crippen LogP contribution in [0.2, 0.25) is 0 Å². The molecule has 0 atom stereocenters. The second kappa shape index (κ2) is 3.34. The van der Waals surface area contributed by atoms with Crippen LogP contribution >= 0.6 is 0 Å². The van der Waals surface area contributed by atoms with Gasteiger partial charge in [0.1, 0.15) is 6.21 Å². The second-order valence-corrected chi connectivity index (χ2v) is 2.95. The lowest BCUT2D eigenvalue weighted by Gasteiger charge is -2.09. The van der Waals surface area contributed by atoms with Crippen LogP contribution in [0, 0.1) is 0 Å². The molecule has 0 unspecified atom stereocenters. The lowest BCUT2D eigenvalue weighted by Crippen LogP contribution is -2.12. The molecule has 10 heavy (non-hydrogen) atoms. The van der Waals surface area contributed by atoms with Crippen molar-refractivity contribution in [3.63, 3.8) is 0 Å². The average Bonchev–Trinajstić information content (AvgIpc) is 1.81. The van der Waals surface area contributed by atoms with Crippen LogP contribution in [0.3, 0.4) is 0 Å². The van der Waals surface area contributed by atoms with Crippen LogP contribution in [-0.4, -0.2) is 24.8 Å². The van der Waals surface area contributed by atoms with Crippen LogP contribution in [0.15, 0.2) is 4.99 Å². The molecule has 0 spiro atoms. The number of esters is 1. The molecule has 0 aliphatic heterocycles. The third-order valence-electron chi connectivity index (χ3n) is 0.758. The lowest BCUT2D eigenvalue weighted by atomic mass is 10.1. The maximum absolute atomic E-state index is 10.5. The minimum Gasteiger partial charge on any atom is -0.465 e. The molecule has 0 heterocycles. The van der Waals surface area contributed by atoms with Crippen molar-refractivity contribution in [2.75, 3.05) is 7.11 Å². The molecule has 0 N–H and O–H groups in total. The number of hydrogen-bond acceptors (Lipinski definition) is 3. The maximum atomic E-state index is 10.5. The smallest absolute Gasteiger partial charge is 0.348 e. The molecule has 0 fully saturated rings. The zero-order valence-electron chi connectivity index (χ0n) is 6.84. The Morgan fingerprint density at radius 1 is 1.50 bits per heavy atom. The molecule has 0 aromatic carbocycles. The molecule has 0 aromatic rings. The first-order valence-corrected chi connectivity index (χ1v) is 3.09. The Morgan fingerprint density at radius 3 is 2.30 bits per heavy atom. The number of aliphatic imine (C=N–C) groups is 1. The minimum atomic E-state index is -0.407. The van der Waals surface area contributed by atoms with Gasteiger partial charge < -0.3 is 4.74 Å². The van der Waals surface area contributed by atoms with Gasteiger partial charge in [0.05, 0.1) is 12.6 Å². The van der Waals surface area contributed by atoms with Gasteiger partial charge >= 0.3 is 5.97 Å². The number of ether oxygens (including phenoxy) is 1. The molecule has 0 saturated heterocycles. The summed E-state index contributed by atoms with van der Waals surface area (Å²) in [6.45, 7) is 5.73. The van der Waals surface area contributed by atoms with Crippen molar-refractivity contribution >= 4 is 12.2 Å². The van der Waals surface area contributed by atoms with Gasteiger partial charge in [-0.05, 0) is 20.8 Å². The van der Waals surface area contributed by atoms with Gasteiger partial charge in [0.15, 0.2) is 0 Å². The molecule has 0 rings (SSSR count). The van der Waals surface area contributed by atoms with Gasteiger partial charge in [-0.15, -0.1) is 0 Å². The zero-order valence-corrected chi connectivity index (χ0v) is 6.84. The molecular weight excluding hydrogens is 130 g/mol. The summed E-state index contributed by atoms with van der Waals surface area (Å²) in [4.78, 5) is 14.4. The Kier molecular flexibility index (Phi) is 3.06. The Bertz CT molecular complexity index is 144. The number of rotatable bonds is 1. The van der Waals surface area contributed by atoms with Crippen LogP contribution in [-0.2, 0) is 9.53 Å². The summed E-state index contributed by atoms with van der Waals surface area (Å²) in [7, 11) is 1.33. The zero-order chi connectivity index (χ0) is 8.20. The normalized spacial score (nSPS) is 12.0. The molecular formula is C7H13NO2. The van der Waals surface area contributed by atoms with Crippen LogP contribution in [0.1, 0.15) is 20.8 Å². The van der Waals surface area contributed by atoms with E-state index in [0.29, 0.717) is 0 Å². The highest BCUT2D eigenvalue weighted by atomic mass is 16.5. The van der Waals surface area contributed by atoms with Crippen LogP contribution in [0.4, 0.5) is 0 Å². The van der Waals surface area contributed by atoms with E-state index in [1.807, 2.05) is 20.8 Å². The van der Waals surface area contributed by atoms with Crippen molar-refractivity contribution in [1.82, 2.24) is 0 Å². The van der Waals surface area contributed by atoms with E-state index < -0.39 is 5.97 Å². The summed E-state index contributed by atoms with van der Waals surface area (Å²) >= 11 is 0. The number of carbonyl (C=O) groups excluding carboxylic acids is 1. The van der Waals surface area contributed by atoms with E-state index >= 15 is 0 Å². The van der Waals surface area contributed by atoms with E-state index in [1.165, 1.54) is 13.3 Å². The monoisotopic (exact) mass is 143 g/mol. The standard InChI is InChI=1S/C7H13NO2/c1-7(2,3)8-5-6(9)10-4/h5H,1-4H3. The lowest BCUT2D eigenvalue weighted by molar-refractivity contribution is -0.132. The summed E-state index contributed by atoms with van der Waals surface area (Å²) in [5, 5.41) is 0. The fourth-order valence-electron chi connectivity index (χ4n) is 0.299. The summed E-state index contributed by atoms with van der Waals surface area (Å²) in [6, 6.07) is 0. The van der Waals surface area contributed by atoms with Gasteiger partial charge in [-0.1, -0.05) is 0 Å².